The number of hydrogen-bond acceptors (Lipinski definition) is 6. The highest BCUT2D eigenvalue weighted by atomic mass is 28.4. The molecule has 1 rings (SSSR count). The first-order valence-corrected chi connectivity index (χ1v) is 11.1. The van der Waals surface area contributed by atoms with Crippen molar-refractivity contribution in [1.82, 2.24) is 5.32 Å². The molecule has 0 radical (unpaired) electrons. The maximum absolute atomic E-state index is 9.78. The van der Waals surface area contributed by atoms with E-state index in [0.29, 0.717) is 26.1 Å². The molecule has 0 amide bonds. The summed E-state index contributed by atoms with van der Waals surface area (Å²) in [6.45, 7) is 5.73. The van der Waals surface area contributed by atoms with Crippen molar-refractivity contribution >= 4 is 8.32 Å². The Bertz CT molecular complexity index is 464. The normalized spacial score (nSPS) is 13.2. The van der Waals surface area contributed by atoms with Gasteiger partial charge in [0.1, 0.15) is 0 Å². The zero-order valence-corrected chi connectivity index (χ0v) is 15.0. The zero-order valence-electron chi connectivity index (χ0n) is 14.0. The fraction of sp³-hybridized carbons (Fsp3) is 0.625. The van der Waals surface area contributed by atoms with Gasteiger partial charge in [-0.2, -0.15) is 0 Å². The van der Waals surface area contributed by atoms with Crippen LogP contribution in [0.15, 0.2) is 18.2 Å². The summed E-state index contributed by atoms with van der Waals surface area (Å²) in [5.41, 5.74) is 0.911. The van der Waals surface area contributed by atoms with Crippen LogP contribution in [-0.2, 0) is 11.2 Å². The smallest absolute Gasteiger partial charge is 0.182 e. The van der Waals surface area contributed by atoms with Gasteiger partial charge in [0.25, 0.3) is 0 Å². The standard InChI is InChI=1S/C16H29NO5Si/c1-23(2,21)9-3-8-22-12-14(18)11-17-7-6-13-4-5-15(19)16(20)10-13/h4-5,10,14,17-21H,3,6-9,11-12H2,1-2H3. The van der Waals surface area contributed by atoms with Crippen LogP contribution in [0.5, 0.6) is 11.5 Å². The second-order valence-corrected chi connectivity index (χ2v) is 10.5. The van der Waals surface area contributed by atoms with Crippen LogP contribution in [0.2, 0.25) is 19.1 Å². The van der Waals surface area contributed by atoms with Crippen molar-refractivity contribution in [2.24, 2.45) is 0 Å². The summed E-state index contributed by atoms with van der Waals surface area (Å²) in [6, 6.07) is 5.55. The number of aliphatic hydroxyl groups is 1. The Morgan fingerprint density at radius 1 is 1.22 bits per heavy atom. The first kappa shape index (κ1) is 19.9. The molecule has 0 saturated heterocycles. The summed E-state index contributed by atoms with van der Waals surface area (Å²) >= 11 is 0. The number of phenolic OH excluding ortho intramolecular Hbond substituents is 2. The summed E-state index contributed by atoms with van der Waals surface area (Å²) in [5.74, 6) is -0.244. The predicted molar refractivity (Wildman–Crippen MR) is 92.3 cm³/mol. The van der Waals surface area contributed by atoms with Crippen molar-refractivity contribution in [3.63, 3.8) is 0 Å². The summed E-state index contributed by atoms with van der Waals surface area (Å²) in [4.78, 5) is 9.69. The van der Waals surface area contributed by atoms with Crippen LogP contribution in [0.4, 0.5) is 0 Å². The van der Waals surface area contributed by atoms with Gasteiger partial charge in [-0.25, -0.2) is 0 Å². The molecule has 1 atom stereocenters. The van der Waals surface area contributed by atoms with Crippen molar-refractivity contribution in [3.8, 4) is 11.5 Å². The number of aromatic hydroxyl groups is 2. The first-order chi connectivity index (χ1) is 10.8. The Labute approximate surface area is 138 Å². The van der Waals surface area contributed by atoms with E-state index in [2.05, 4.69) is 5.32 Å². The SMILES string of the molecule is C[Si](C)(O)CCCOCC(O)CNCCc1ccc(O)c(O)c1. The molecule has 6 nitrogen and oxygen atoms in total. The van der Waals surface area contributed by atoms with Gasteiger partial charge in [0, 0.05) is 13.2 Å². The molecule has 0 bridgehead atoms. The maximum Gasteiger partial charge on any atom is 0.182 e. The maximum atomic E-state index is 9.78. The fourth-order valence-corrected chi connectivity index (χ4v) is 3.12. The largest absolute Gasteiger partial charge is 0.504 e. The number of nitrogens with one attached hydrogen (secondary N) is 1. The van der Waals surface area contributed by atoms with E-state index in [4.69, 9.17) is 4.74 Å². The van der Waals surface area contributed by atoms with Crippen molar-refractivity contribution in [2.75, 3.05) is 26.3 Å². The molecular weight excluding hydrogens is 314 g/mol. The molecule has 0 aliphatic carbocycles. The summed E-state index contributed by atoms with van der Waals surface area (Å²) in [5, 5.41) is 31.5. The number of rotatable bonds is 11. The lowest BCUT2D eigenvalue weighted by molar-refractivity contribution is 0.0373. The number of phenols is 2. The van der Waals surface area contributed by atoms with Crippen LogP contribution in [0, 0.1) is 0 Å². The molecule has 23 heavy (non-hydrogen) atoms. The third kappa shape index (κ3) is 9.57. The first-order valence-electron chi connectivity index (χ1n) is 7.98. The van der Waals surface area contributed by atoms with E-state index in [9.17, 15) is 20.1 Å². The Morgan fingerprint density at radius 3 is 2.61 bits per heavy atom. The van der Waals surface area contributed by atoms with Gasteiger partial charge in [0.2, 0.25) is 0 Å². The number of ether oxygens (including phenoxy) is 1. The summed E-state index contributed by atoms with van der Waals surface area (Å²) in [6.07, 6.45) is 0.945. The Morgan fingerprint density at radius 2 is 1.96 bits per heavy atom. The predicted octanol–water partition coefficient (Wildman–Crippen LogP) is 1.19. The monoisotopic (exact) mass is 343 g/mol. The van der Waals surface area contributed by atoms with Crippen molar-refractivity contribution in [2.45, 2.75) is 38.1 Å². The average Bonchev–Trinajstić information content (AvgIpc) is 2.45. The lowest BCUT2D eigenvalue weighted by atomic mass is 10.1. The molecule has 1 aromatic rings. The molecule has 0 saturated carbocycles. The van der Waals surface area contributed by atoms with Crippen molar-refractivity contribution in [1.29, 1.82) is 0 Å². The van der Waals surface area contributed by atoms with Crippen LogP contribution >= 0.6 is 0 Å². The third-order valence-electron chi connectivity index (χ3n) is 3.40. The second kappa shape index (κ2) is 9.89. The minimum absolute atomic E-state index is 0.120. The topological polar surface area (TPSA) is 102 Å². The Kier molecular flexibility index (Phi) is 8.57. The van der Waals surface area contributed by atoms with Gasteiger partial charge in [0.05, 0.1) is 12.7 Å². The lowest BCUT2D eigenvalue weighted by Gasteiger charge is -2.15. The molecule has 0 fully saturated rings. The second-order valence-electron chi connectivity index (χ2n) is 6.42. The van der Waals surface area contributed by atoms with Gasteiger partial charge in [-0.1, -0.05) is 6.07 Å². The van der Waals surface area contributed by atoms with Crippen LogP contribution in [0.1, 0.15) is 12.0 Å². The summed E-state index contributed by atoms with van der Waals surface area (Å²) < 4.78 is 5.40. The average molecular weight is 343 g/mol. The molecule has 0 aliphatic heterocycles. The van der Waals surface area contributed by atoms with Gasteiger partial charge in [-0.05, 0) is 56.2 Å². The molecule has 5 N–H and O–H groups in total. The Hall–Kier alpha value is -1.12. The molecule has 0 heterocycles. The highest BCUT2D eigenvalue weighted by Gasteiger charge is 2.15. The number of benzene rings is 1. The van der Waals surface area contributed by atoms with Gasteiger partial charge < -0.3 is 30.2 Å². The van der Waals surface area contributed by atoms with E-state index in [0.717, 1.165) is 18.0 Å². The fourth-order valence-electron chi connectivity index (χ4n) is 2.11. The Balaban J connectivity index is 2.05. The number of aliphatic hydroxyl groups excluding tert-OH is 1. The molecule has 7 heteroatoms. The molecule has 0 aliphatic rings. The molecular formula is C16H29NO5Si. The lowest BCUT2D eigenvalue weighted by Crippen LogP contribution is -2.32. The zero-order chi connectivity index (χ0) is 17.3. The minimum atomic E-state index is -1.99. The molecule has 0 spiro atoms. The van der Waals surface area contributed by atoms with Crippen LogP contribution < -0.4 is 5.32 Å². The quantitative estimate of drug-likeness (QED) is 0.235. The highest BCUT2D eigenvalue weighted by molar-refractivity contribution is 6.69. The van der Waals surface area contributed by atoms with Crippen molar-refractivity contribution in [3.05, 3.63) is 23.8 Å². The van der Waals surface area contributed by atoms with Gasteiger partial charge in [-0.15, -0.1) is 0 Å². The highest BCUT2D eigenvalue weighted by Crippen LogP contribution is 2.24. The number of hydrogen-bond donors (Lipinski definition) is 5. The molecule has 1 aromatic carbocycles. The van der Waals surface area contributed by atoms with E-state index < -0.39 is 14.4 Å². The van der Waals surface area contributed by atoms with Crippen molar-refractivity contribution < 1.29 is 24.9 Å². The molecule has 132 valence electrons. The third-order valence-corrected chi connectivity index (χ3v) is 4.97. The van der Waals surface area contributed by atoms with Crippen LogP contribution in [0.25, 0.3) is 0 Å². The van der Waals surface area contributed by atoms with Gasteiger partial charge in [0.15, 0.2) is 19.8 Å². The van der Waals surface area contributed by atoms with Gasteiger partial charge >= 0.3 is 0 Å². The summed E-state index contributed by atoms with van der Waals surface area (Å²) in [7, 11) is -1.99. The van der Waals surface area contributed by atoms with E-state index in [1.807, 2.05) is 13.1 Å². The van der Waals surface area contributed by atoms with E-state index >= 15 is 0 Å². The van der Waals surface area contributed by atoms with E-state index in [1.54, 1.807) is 6.07 Å². The minimum Gasteiger partial charge on any atom is -0.504 e. The van der Waals surface area contributed by atoms with Crippen LogP contribution in [-0.4, -0.2) is 60.8 Å². The molecule has 1 unspecified atom stereocenters. The van der Waals surface area contributed by atoms with E-state index in [-0.39, 0.29) is 18.1 Å². The van der Waals surface area contributed by atoms with Crippen LogP contribution in [0.3, 0.4) is 0 Å². The van der Waals surface area contributed by atoms with E-state index in [1.165, 1.54) is 12.1 Å². The molecule has 0 aromatic heterocycles. The van der Waals surface area contributed by atoms with Gasteiger partial charge in [-0.3, -0.25) is 0 Å².